The summed E-state index contributed by atoms with van der Waals surface area (Å²) in [4.78, 5) is 4.05. The van der Waals surface area contributed by atoms with Crippen LogP contribution in [0.15, 0.2) is 78.8 Å². The topological polar surface area (TPSA) is 38.4 Å². The zero-order valence-corrected chi connectivity index (χ0v) is 14.1. The van der Waals surface area contributed by atoms with Gasteiger partial charge >= 0.3 is 0 Å². The smallest absolute Gasteiger partial charge is 0.113 e. The number of nitrogens with zero attached hydrogens (tertiary/aromatic N) is 1. The van der Waals surface area contributed by atoms with E-state index in [2.05, 4.69) is 48.5 Å². The molecule has 120 valence electrons. The van der Waals surface area contributed by atoms with Crippen LogP contribution in [0.3, 0.4) is 0 Å². The van der Waals surface area contributed by atoms with Crippen molar-refractivity contribution in [2.24, 2.45) is 10.7 Å². The first-order valence-corrected chi connectivity index (χ1v) is 8.07. The summed E-state index contributed by atoms with van der Waals surface area (Å²) in [5.74, 6) is 0. The summed E-state index contributed by atoms with van der Waals surface area (Å²) < 4.78 is 0. The summed E-state index contributed by atoms with van der Waals surface area (Å²) >= 11 is 0. The third-order valence-corrected chi connectivity index (χ3v) is 4.19. The number of nitrogens with two attached hydrogens (primary N) is 1. The summed E-state index contributed by atoms with van der Waals surface area (Å²) in [5.41, 5.74) is 11.1. The Kier molecular flexibility index (Phi) is 4.85. The number of hydrogen-bond acceptors (Lipinski definition) is 1. The first kappa shape index (κ1) is 16.8. The summed E-state index contributed by atoms with van der Waals surface area (Å²) in [6, 6.07) is 20.5. The monoisotopic (exact) mass is 322 g/mol. The second-order valence-corrected chi connectivity index (χ2v) is 6.03. The van der Waals surface area contributed by atoms with Gasteiger partial charge in [0, 0.05) is 0 Å². The Labute approximate surface area is 149 Å². The van der Waals surface area contributed by atoms with E-state index < -0.39 is 0 Å². The highest BCUT2D eigenvalue weighted by atomic mass is 14.8. The molecule has 2 nitrogen and oxygen atoms in total. The highest BCUT2D eigenvalue weighted by Gasteiger charge is 2.04. The summed E-state index contributed by atoms with van der Waals surface area (Å²) in [6.45, 7) is 8.01. The van der Waals surface area contributed by atoms with E-state index >= 15 is 0 Å². The van der Waals surface area contributed by atoms with Gasteiger partial charge in [0.25, 0.3) is 0 Å². The largest absolute Gasteiger partial charge is 0.390 e. The molecule has 2 radical (unpaired) electrons. The fraction of sp³-hybridized carbons (Fsp3) is 0.0455. The van der Waals surface area contributed by atoms with Crippen LogP contribution in [0.2, 0.25) is 0 Å². The van der Waals surface area contributed by atoms with E-state index in [9.17, 15) is 0 Å². The van der Waals surface area contributed by atoms with Gasteiger partial charge in [0.1, 0.15) is 7.85 Å². The minimum atomic E-state index is 0.585. The Bertz CT molecular complexity index is 969. The average Bonchev–Trinajstić information content (AvgIpc) is 2.62. The average molecular weight is 322 g/mol. The molecule has 0 aliphatic rings. The number of hydrogen-bond donors (Lipinski definition) is 1. The van der Waals surface area contributed by atoms with Crippen molar-refractivity contribution < 1.29 is 0 Å². The molecule has 0 aromatic heterocycles. The Hall–Kier alpha value is -3.07. The van der Waals surface area contributed by atoms with Crippen molar-refractivity contribution >= 4 is 41.7 Å². The highest BCUT2D eigenvalue weighted by molar-refractivity contribution is 6.41. The molecule has 0 saturated heterocycles. The van der Waals surface area contributed by atoms with E-state index in [1.54, 1.807) is 0 Å². The van der Waals surface area contributed by atoms with Crippen molar-refractivity contribution in [1.29, 1.82) is 0 Å². The van der Waals surface area contributed by atoms with Gasteiger partial charge in [-0.3, -0.25) is 0 Å². The lowest BCUT2D eigenvalue weighted by atomic mass is 9.88. The molecule has 3 rings (SSSR count). The van der Waals surface area contributed by atoms with Gasteiger partial charge in [-0.05, 0) is 57.7 Å². The summed E-state index contributed by atoms with van der Waals surface area (Å²) in [5, 5.41) is 2.34. The molecule has 0 fully saturated rings. The minimum Gasteiger partial charge on any atom is -0.390 e. The molecule has 0 saturated carbocycles. The fourth-order valence-electron chi connectivity index (χ4n) is 2.82. The third-order valence-electron chi connectivity index (χ3n) is 4.19. The maximum atomic E-state index is 5.77. The van der Waals surface area contributed by atoms with Crippen molar-refractivity contribution in [1.82, 2.24) is 0 Å². The zero-order chi connectivity index (χ0) is 17.8. The highest BCUT2D eigenvalue weighted by Crippen LogP contribution is 2.25. The zero-order valence-electron chi connectivity index (χ0n) is 14.1. The van der Waals surface area contributed by atoms with Crippen LogP contribution in [0.4, 0.5) is 5.69 Å². The van der Waals surface area contributed by atoms with Gasteiger partial charge in [-0.15, -0.1) is 6.58 Å². The van der Waals surface area contributed by atoms with Crippen molar-refractivity contribution in [3.63, 3.8) is 0 Å². The second-order valence-electron chi connectivity index (χ2n) is 6.03. The lowest BCUT2D eigenvalue weighted by Crippen LogP contribution is -1.91. The second kappa shape index (κ2) is 7.22. The first-order valence-electron chi connectivity index (χ1n) is 8.07. The van der Waals surface area contributed by atoms with Crippen LogP contribution in [0, 0.1) is 0 Å². The Morgan fingerprint density at radius 1 is 0.920 bits per heavy atom. The molecule has 25 heavy (non-hydrogen) atoms. The number of fused-ring (bicyclic) bond motifs is 1. The molecule has 0 aliphatic heterocycles. The third kappa shape index (κ3) is 3.89. The first-order chi connectivity index (χ1) is 12.1. The standard InChI is InChI=1S/C22H19BN2/c1-15(18-7-9-22(10-8-18)25-14-24)11-17-3-4-21-13-19(16(2)23)5-6-20(21)12-17/h3-10,12-14H,1-2,11H2,(H2,24,25). The SMILES string of the molecule is [B]C(=C)c1ccc2cc(CC(=C)c3ccc(N=CN)cc3)ccc2c1. The van der Waals surface area contributed by atoms with Gasteiger partial charge in [0.15, 0.2) is 0 Å². The van der Waals surface area contributed by atoms with E-state index in [0.717, 1.165) is 34.2 Å². The number of rotatable bonds is 5. The Morgan fingerprint density at radius 2 is 1.56 bits per heavy atom. The van der Waals surface area contributed by atoms with Crippen molar-refractivity contribution in [3.8, 4) is 0 Å². The van der Waals surface area contributed by atoms with E-state index in [0.29, 0.717) is 5.47 Å². The van der Waals surface area contributed by atoms with Gasteiger partial charge in [-0.1, -0.05) is 54.5 Å². The fourth-order valence-corrected chi connectivity index (χ4v) is 2.82. The lowest BCUT2D eigenvalue weighted by Gasteiger charge is -2.09. The van der Waals surface area contributed by atoms with Gasteiger partial charge in [0.2, 0.25) is 0 Å². The molecule has 3 aromatic rings. The maximum Gasteiger partial charge on any atom is 0.113 e. The van der Waals surface area contributed by atoms with Crippen molar-refractivity contribution in [2.45, 2.75) is 6.42 Å². The molecule has 0 bridgehead atoms. The van der Waals surface area contributed by atoms with Gasteiger partial charge in [-0.25, -0.2) is 4.99 Å². The van der Waals surface area contributed by atoms with Crippen LogP contribution >= 0.6 is 0 Å². The van der Waals surface area contributed by atoms with E-state index in [1.165, 1.54) is 17.3 Å². The quantitative estimate of drug-likeness (QED) is 0.407. The van der Waals surface area contributed by atoms with E-state index in [1.807, 2.05) is 30.3 Å². The van der Waals surface area contributed by atoms with Crippen LogP contribution in [-0.2, 0) is 6.42 Å². The van der Waals surface area contributed by atoms with Crippen LogP contribution in [0.25, 0.3) is 21.8 Å². The molecule has 0 aliphatic carbocycles. The molecule has 0 spiro atoms. The predicted molar refractivity (Wildman–Crippen MR) is 110 cm³/mol. The van der Waals surface area contributed by atoms with Gasteiger partial charge in [0.05, 0.1) is 12.0 Å². The summed E-state index contributed by atoms with van der Waals surface area (Å²) in [6.07, 6.45) is 2.09. The molecule has 0 amide bonds. The maximum absolute atomic E-state index is 5.77. The lowest BCUT2D eigenvalue weighted by molar-refractivity contribution is 1.30. The molecule has 2 N–H and O–H groups in total. The van der Waals surface area contributed by atoms with Crippen LogP contribution in [-0.4, -0.2) is 14.2 Å². The van der Waals surface area contributed by atoms with Gasteiger partial charge < -0.3 is 5.73 Å². The van der Waals surface area contributed by atoms with Crippen LogP contribution < -0.4 is 5.73 Å². The minimum absolute atomic E-state index is 0.585. The Balaban J connectivity index is 1.81. The number of aliphatic imine (C=N–C) groups is 1. The normalized spacial score (nSPS) is 11.0. The van der Waals surface area contributed by atoms with Crippen molar-refractivity contribution in [3.05, 3.63) is 90.5 Å². The summed E-state index contributed by atoms with van der Waals surface area (Å²) in [7, 11) is 5.77. The molecule has 3 aromatic carbocycles. The molecular formula is C22H19BN2. The molecule has 0 atom stereocenters. The molecule has 0 unspecified atom stereocenters. The number of benzene rings is 3. The van der Waals surface area contributed by atoms with Crippen LogP contribution in [0.1, 0.15) is 16.7 Å². The van der Waals surface area contributed by atoms with Crippen LogP contribution in [0.5, 0.6) is 0 Å². The van der Waals surface area contributed by atoms with Crippen molar-refractivity contribution in [2.75, 3.05) is 0 Å². The molecule has 3 heteroatoms. The van der Waals surface area contributed by atoms with E-state index in [-0.39, 0.29) is 0 Å². The molecular weight excluding hydrogens is 303 g/mol. The van der Waals surface area contributed by atoms with E-state index in [4.69, 9.17) is 13.6 Å². The molecule has 0 heterocycles. The predicted octanol–water partition coefficient (Wildman–Crippen LogP) is 4.85. The number of allylic oxidation sites excluding steroid dienone is 1. The Morgan fingerprint density at radius 3 is 2.24 bits per heavy atom. The van der Waals surface area contributed by atoms with Gasteiger partial charge in [-0.2, -0.15) is 0 Å².